The third-order valence-electron chi connectivity index (χ3n) is 2.03. The van der Waals surface area contributed by atoms with Gasteiger partial charge >= 0.3 is 12.0 Å². The number of ether oxygens (including phenoxy) is 2. The van der Waals surface area contributed by atoms with Crippen LogP contribution >= 0.6 is 0 Å². The number of aryl methyl sites for hydroxylation is 1. The molecule has 1 aromatic heterocycles. The topological polar surface area (TPSA) is 81.5 Å². The van der Waals surface area contributed by atoms with Crippen molar-refractivity contribution in [2.24, 2.45) is 0 Å². The van der Waals surface area contributed by atoms with Crippen LogP contribution in [0.3, 0.4) is 0 Å². The second-order valence-corrected chi connectivity index (χ2v) is 3.35. The Bertz CT molecular complexity index is 458. The van der Waals surface area contributed by atoms with Gasteiger partial charge in [0.15, 0.2) is 0 Å². The summed E-state index contributed by atoms with van der Waals surface area (Å²) >= 11 is 0. The van der Waals surface area contributed by atoms with Crippen LogP contribution < -0.4 is 9.47 Å². The molecule has 1 rings (SSSR count). The molecule has 6 heteroatoms. The van der Waals surface area contributed by atoms with Crippen molar-refractivity contribution in [2.75, 3.05) is 13.2 Å². The Morgan fingerprint density at radius 1 is 1.28 bits per heavy atom. The molecule has 0 saturated heterocycles. The fraction of sp³-hybridized carbons (Fsp3) is 0.417. The van der Waals surface area contributed by atoms with Gasteiger partial charge in [-0.3, -0.25) is 0 Å². The van der Waals surface area contributed by atoms with Crippen molar-refractivity contribution in [1.82, 2.24) is 9.97 Å². The van der Waals surface area contributed by atoms with Crippen molar-refractivity contribution >= 4 is 12.0 Å². The van der Waals surface area contributed by atoms with Crippen LogP contribution in [-0.2, 0) is 4.79 Å². The Balaban J connectivity index is 3.17. The number of carbonyl (C=O) groups is 1. The standard InChI is InChI=1S/C12H16N2O4/c1-4-17-11-9(6-7-10(15)16)8(3)13-12(14-11)18-5-2/h6-7H,4-5H2,1-3H3,(H,15,16)/b7-6-. The zero-order valence-corrected chi connectivity index (χ0v) is 10.6. The first-order chi connectivity index (χ1) is 8.58. The summed E-state index contributed by atoms with van der Waals surface area (Å²) in [4.78, 5) is 18.7. The van der Waals surface area contributed by atoms with Gasteiger partial charge in [-0.05, 0) is 26.8 Å². The lowest BCUT2D eigenvalue weighted by molar-refractivity contribution is -0.131. The summed E-state index contributed by atoms with van der Waals surface area (Å²) in [5.74, 6) is -0.711. The van der Waals surface area contributed by atoms with E-state index in [1.807, 2.05) is 13.8 Å². The van der Waals surface area contributed by atoms with E-state index in [1.165, 1.54) is 6.08 Å². The van der Waals surface area contributed by atoms with Crippen molar-refractivity contribution < 1.29 is 19.4 Å². The Morgan fingerprint density at radius 2 is 1.94 bits per heavy atom. The van der Waals surface area contributed by atoms with Crippen LogP contribution in [0.5, 0.6) is 11.9 Å². The highest BCUT2D eigenvalue weighted by Crippen LogP contribution is 2.23. The summed E-state index contributed by atoms with van der Waals surface area (Å²) < 4.78 is 10.6. The van der Waals surface area contributed by atoms with Crippen LogP contribution in [0.1, 0.15) is 25.1 Å². The van der Waals surface area contributed by atoms with Gasteiger partial charge in [-0.25, -0.2) is 4.79 Å². The normalized spacial score (nSPS) is 10.6. The Kier molecular flexibility index (Phi) is 5.10. The van der Waals surface area contributed by atoms with Gasteiger partial charge < -0.3 is 14.6 Å². The Labute approximate surface area is 105 Å². The molecule has 0 spiro atoms. The van der Waals surface area contributed by atoms with Gasteiger partial charge in [-0.2, -0.15) is 9.97 Å². The lowest BCUT2D eigenvalue weighted by Crippen LogP contribution is -2.05. The fourth-order valence-electron chi connectivity index (χ4n) is 1.32. The molecule has 1 heterocycles. The maximum Gasteiger partial charge on any atom is 0.328 e. The van der Waals surface area contributed by atoms with Crippen LogP contribution in [0.2, 0.25) is 0 Å². The smallest absolute Gasteiger partial charge is 0.328 e. The summed E-state index contributed by atoms with van der Waals surface area (Å²) in [6.07, 6.45) is 2.44. The second-order valence-electron chi connectivity index (χ2n) is 3.35. The van der Waals surface area contributed by atoms with Gasteiger partial charge in [-0.15, -0.1) is 0 Å². The van der Waals surface area contributed by atoms with E-state index in [9.17, 15) is 4.79 Å². The molecular formula is C12H16N2O4. The Morgan fingerprint density at radius 3 is 2.50 bits per heavy atom. The summed E-state index contributed by atoms with van der Waals surface area (Å²) in [5, 5.41) is 8.63. The first kappa shape index (κ1) is 14.0. The van der Waals surface area contributed by atoms with Crippen molar-refractivity contribution in [2.45, 2.75) is 20.8 Å². The molecule has 18 heavy (non-hydrogen) atoms. The van der Waals surface area contributed by atoms with E-state index in [2.05, 4.69) is 9.97 Å². The van der Waals surface area contributed by atoms with Crippen molar-refractivity contribution in [3.05, 3.63) is 17.3 Å². The van der Waals surface area contributed by atoms with E-state index >= 15 is 0 Å². The average Bonchev–Trinajstić information content (AvgIpc) is 2.28. The van der Waals surface area contributed by atoms with Gasteiger partial charge in [0.2, 0.25) is 5.88 Å². The summed E-state index contributed by atoms with van der Waals surface area (Å²) in [6, 6.07) is 0.228. The fourth-order valence-corrected chi connectivity index (χ4v) is 1.32. The molecule has 0 aliphatic rings. The molecule has 1 N–H and O–H groups in total. The van der Waals surface area contributed by atoms with Gasteiger partial charge in [0.25, 0.3) is 0 Å². The first-order valence-electron chi connectivity index (χ1n) is 5.63. The summed E-state index contributed by atoms with van der Waals surface area (Å²) in [6.45, 7) is 6.28. The number of nitrogens with zero attached hydrogens (tertiary/aromatic N) is 2. The largest absolute Gasteiger partial charge is 0.478 e. The van der Waals surface area contributed by atoms with Crippen molar-refractivity contribution in [3.63, 3.8) is 0 Å². The molecule has 0 fully saturated rings. The highest BCUT2D eigenvalue weighted by Gasteiger charge is 2.11. The Hall–Kier alpha value is -2.11. The minimum Gasteiger partial charge on any atom is -0.478 e. The van der Waals surface area contributed by atoms with Crippen LogP contribution in [0.25, 0.3) is 6.08 Å². The number of carboxylic acids is 1. The third-order valence-corrected chi connectivity index (χ3v) is 2.03. The lowest BCUT2D eigenvalue weighted by Gasteiger charge is -2.10. The average molecular weight is 252 g/mol. The molecular weight excluding hydrogens is 236 g/mol. The predicted octanol–water partition coefficient (Wildman–Crippen LogP) is 1.68. The SMILES string of the molecule is CCOc1nc(C)c(/C=C\C(=O)O)c(OCC)n1. The quantitative estimate of drug-likeness (QED) is 0.776. The van der Waals surface area contributed by atoms with E-state index in [1.54, 1.807) is 6.92 Å². The summed E-state index contributed by atoms with van der Waals surface area (Å²) in [7, 11) is 0. The number of aromatic nitrogens is 2. The van der Waals surface area contributed by atoms with Gasteiger partial charge in [0, 0.05) is 6.08 Å². The maximum absolute atomic E-state index is 10.5. The van der Waals surface area contributed by atoms with Gasteiger partial charge in [-0.1, -0.05) is 0 Å². The molecule has 0 bridgehead atoms. The zero-order valence-electron chi connectivity index (χ0n) is 10.6. The van der Waals surface area contributed by atoms with Crippen LogP contribution in [-0.4, -0.2) is 34.3 Å². The number of aliphatic carboxylic acids is 1. The molecule has 0 unspecified atom stereocenters. The van der Waals surface area contributed by atoms with E-state index in [0.29, 0.717) is 30.4 Å². The van der Waals surface area contributed by atoms with E-state index in [4.69, 9.17) is 14.6 Å². The van der Waals surface area contributed by atoms with Gasteiger partial charge in [0.05, 0.1) is 24.5 Å². The van der Waals surface area contributed by atoms with E-state index < -0.39 is 5.97 Å². The lowest BCUT2D eigenvalue weighted by atomic mass is 10.2. The molecule has 0 aromatic carbocycles. The maximum atomic E-state index is 10.5. The second kappa shape index (κ2) is 6.58. The number of hydrogen-bond acceptors (Lipinski definition) is 5. The zero-order chi connectivity index (χ0) is 13.5. The molecule has 0 aliphatic heterocycles. The number of rotatable bonds is 6. The predicted molar refractivity (Wildman–Crippen MR) is 65.8 cm³/mol. The van der Waals surface area contributed by atoms with E-state index in [-0.39, 0.29) is 6.01 Å². The highest BCUT2D eigenvalue weighted by molar-refractivity contribution is 5.86. The van der Waals surface area contributed by atoms with Crippen LogP contribution in [0.15, 0.2) is 6.08 Å². The molecule has 1 aromatic rings. The molecule has 0 saturated carbocycles. The van der Waals surface area contributed by atoms with Gasteiger partial charge in [0.1, 0.15) is 0 Å². The van der Waals surface area contributed by atoms with Crippen LogP contribution in [0, 0.1) is 6.92 Å². The molecule has 98 valence electrons. The number of hydrogen-bond donors (Lipinski definition) is 1. The molecule has 6 nitrogen and oxygen atoms in total. The molecule has 0 radical (unpaired) electrons. The summed E-state index contributed by atoms with van der Waals surface area (Å²) in [5.41, 5.74) is 1.15. The van der Waals surface area contributed by atoms with Crippen molar-refractivity contribution in [3.8, 4) is 11.9 Å². The number of carboxylic acid groups (broad SMARTS) is 1. The van der Waals surface area contributed by atoms with Crippen molar-refractivity contribution in [1.29, 1.82) is 0 Å². The minimum absolute atomic E-state index is 0.228. The highest BCUT2D eigenvalue weighted by atomic mass is 16.5. The molecule has 0 amide bonds. The minimum atomic E-state index is -1.04. The van der Waals surface area contributed by atoms with E-state index in [0.717, 1.165) is 6.08 Å². The third kappa shape index (κ3) is 3.73. The molecule has 0 aliphatic carbocycles. The molecule has 0 atom stereocenters. The monoisotopic (exact) mass is 252 g/mol. The van der Waals surface area contributed by atoms with Crippen LogP contribution in [0.4, 0.5) is 0 Å². The first-order valence-corrected chi connectivity index (χ1v) is 5.63.